The fraction of sp³-hybridized carbons (Fsp3) is 0.286. The van der Waals surface area contributed by atoms with E-state index in [1.807, 2.05) is 45.3 Å². The number of para-hydroxylation sites is 1. The lowest BCUT2D eigenvalue weighted by atomic mass is 10.1. The Hall–Kier alpha value is -4.84. The Kier molecular flexibility index (Phi) is 9.36. The number of aliphatic imine (C=N–C) groups is 1. The first-order chi connectivity index (χ1) is 19.3. The number of anilines is 2. The molecule has 1 fully saturated rings. The minimum atomic E-state index is -0.00391. The van der Waals surface area contributed by atoms with Gasteiger partial charge in [0.1, 0.15) is 18.0 Å². The maximum Gasteiger partial charge on any atom is 0.251 e. The number of amidine groups is 1. The fourth-order valence-corrected chi connectivity index (χ4v) is 4.29. The molecule has 40 heavy (non-hydrogen) atoms. The Morgan fingerprint density at radius 2 is 2.02 bits per heavy atom. The van der Waals surface area contributed by atoms with Gasteiger partial charge in [0.25, 0.3) is 5.95 Å². The van der Waals surface area contributed by atoms with E-state index < -0.39 is 0 Å². The molecule has 1 saturated heterocycles. The third kappa shape index (κ3) is 7.38. The van der Waals surface area contributed by atoms with E-state index in [1.165, 1.54) is 6.33 Å². The molecule has 4 aromatic rings. The number of nitrogen functional groups attached to an aromatic ring is 1. The molecule has 0 radical (unpaired) electrons. The molecule has 3 aromatic heterocycles. The molecule has 5 rings (SSSR count). The van der Waals surface area contributed by atoms with Gasteiger partial charge in [0.15, 0.2) is 0 Å². The first-order valence-electron chi connectivity index (χ1n) is 13.0. The van der Waals surface area contributed by atoms with Crippen molar-refractivity contribution in [1.82, 2.24) is 35.1 Å². The highest BCUT2D eigenvalue weighted by molar-refractivity contribution is 6.06. The number of hydrogen-bond donors (Lipinski definition) is 5. The summed E-state index contributed by atoms with van der Waals surface area (Å²) >= 11 is 0. The SMILES string of the molecule is CN/C(C)=C\C(N)=N/c1ncc(C)c(-c2c[nH]c3c(NC(=O)CN4CCCC4)cccc23)n1.Nc1ccncn1. The van der Waals surface area contributed by atoms with Gasteiger partial charge in [0.05, 0.1) is 23.4 Å². The van der Waals surface area contributed by atoms with E-state index in [0.29, 0.717) is 18.2 Å². The predicted octanol–water partition coefficient (Wildman–Crippen LogP) is 3.14. The average molecular weight is 542 g/mol. The Balaban J connectivity index is 0.000000461. The average Bonchev–Trinajstić information content (AvgIpc) is 3.61. The third-order valence-corrected chi connectivity index (χ3v) is 6.36. The van der Waals surface area contributed by atoms with E-state index in [9.17, 15) is 4.79 Å². The molecular formula is C28H35N11O. The topological polar surface area (TPSA) is 176 Å². The number of carbonyl (C=O) groups excluding carboxylic acids is 1. The van der Waals surface area contributed by atoms with Gasteiger partial charge in [0, 0.05) is 42.3 Å². The van der Waals surface area contributed by atoms with Crippen LogP contribution < -0.4 is 22.1 Å². The molecule has 1 amide bonds. The second kappa shape index (κ2) is 13.3. The quantitative estimate of drug-likeness (QED) is 0.174. The summed E-state index contributed by atoms with van der Waals surface area (Å²) in [4.78, 5) is 38.6. The number of nitrogens with one attached hydrogen (secondary N) is 3. The number of benzene rings is 1. The molecule has 1 aliphatic heterocycles. The third-order valence-electron chi connectivity index (χ3n) is 6.36. The molecule has 1 aromatic carbocycles. The van der Waals surface area contributed by atoms with Gasteiger partial charge in [-0.05, 0) is 63.6 Å². The molecule has 0 bridgehead atoms. The van der Waals surface area contributed by atoms with Crippen molar-refractivity contribution in [2.45, 2.75) is 26.7 Å². The van der Waals surface area contributed by atoms with E-state index in [4.69, 9.17) is 11.5 Å². The van der Waals surface area contributed by atoms with Gasteiger partial charge in [-0.15, -0.1) is 0 Å². The number of aromatic nitrogens is 5. The molecule has 208 valence electrons. The molecule has 7 N–H and O–H groups in total. The van der Waals surface area contributed by atoms with Crippen LogP contribution >= 0.6 is 0 Å². The number of hydrogen-bond acceptors (Lipinski definition) is 9. The number of carbonyl (C=O) groups is 1. The van der Waals surface area contributed by atoms with Crippen molar-refractivity contribution in [2.75, 3.05) is 37.7 Å². The van der Waals surface area contributed by atoms with Crippen molar-refractivity contribution in [1.29, 1.82) is 0 Å². The number of nitrogens with zero attached hydrogens (tertiary/aromatic N) is 6. The number of H-pyrrole nitrogens is 1. The number of aromatic amines is 1. The van der Waals surface area contributed by atoms with Crippen LogP contribution in [0.1, 0.15) is 25.3 Å². The van der Waals surface area contributed by atoms with Gasteiger partial charge in [-0.2, -0.15) is 4.99 Å². The largest absolute Gasteiger partial charge is 0.392 e. The van der Waals surface area contributed by atoms with Crippen LogP contribution in [0.2, 0.25) is 0 Å². The van der Waals surface area contributed by atoms with Crippen LogP contribution in [0.4, 0.5) is 17.5 Å². The Morgan fingerprint density at radius 1 is 1.23 bits per heavy atom. The van der Waals surface area contributed by atoms with Crippen molar-refractivity contribution < 1.29 is 4.79 Å². The van der Waals surface area contributed by atoms with Crippen molar-refractivity contribution in [3.63, 3.8) is 0 Å². The zero-order chi connectivity index (χ0) is 28.5. The highest BCUT2D eigenvalue weighted by atomic mass is 16.2. The summed E-state index contributed by atoms with van der Waals surface area (Å²) in [6.07, 6.45) is 10.7. The minimum absolute atomic E-state index is 0.00391. The lowest BCUT2D eigenvalue weighted by molar-refractivity contribution is -0.117. The molecule has 0 aliphatic carbocycles. The van der Waals surface area contributed by atoms with Crippen molar-refractivity contribution in [2.24, 2.45) is 10.7 Å². The molecule has 0 spiro atoms. The van der Waals surface area contributed by atoms with Crippen LogP contribution in [-0.2, 0) is 4.79 Å². The monoisotopic (exact) mass is 541 g/mol. The Morgan fingerprint density at radius 3 is 2.70 bits per heavy atom. The van der Waals surface area contributed by atoms with Crippen LogP contribution in [0.3, 0.4) is 0 Å². The Labute approximate surface area is 233 Å². The Bertz CT molecular complexity index is 1510. The van der Waals surface area contributed by atoms with E-state index in [-0.39, 0.29) is 11.9 Å². The molecule has 12 nitrogen and oxygen atoms in total. The van der Waals surface area contributed by atoms with Crippen LogP contribution in [0.15, 0.2) is 65.9 Å². The lowest BCUT2D eigenvalue weighted by Gasteiger charge is -2.14. The molecular weight excluding hydrogens is 506 g/mol. The summed E-state index contributed by atoms with van der Waals surface area (Å²) in [6.45, 7) is 6.24. The van der Waals surface area contributed by atoms with Crippen LogP contribution in [-0.4, -0.2) is 68.2 Å². The number of fused-ring (bicyclic) bond motifs is 1. The lowest BCUT2D eigenvalue weighted by Crippen LogP contribution is -2.30. The second-order valence-corrected chi connectivity index (χ2v) is 9.41. The van der Waals surface area contributed by atoms with E-state index >= 15 is 0 Å². The number of nitrogens with two attached hydrogens (primary N) is 2. The van der Waals surface area contributed by atoms with Gasteiger partial charge in [0.2, 0.25) is 5.91 Å². The maximum atomic E-state index is 12.6. The smallest absolute Gasteiger partial charge is 0.251 e. The summed E-state index contributed by atoms with van der Waals surface area (Å²) in [6, 6.07) is 7.49. The molecule has 1 aliphatic rings. The summed E-state index contributed by atoms with van der Waals surface area (Å²) < 4.78 is 0. The number of likely N-dealkylation sites (tertiary alicyclic amines) is 1. The zero-order valence-corrected chi connectivity index (χ0v) is 23.0. The van der Waals surface area contributed by atoms with E-state index in [1.54, 1.807) is 24.5 Å². The highest BCUT2D eigenvalue weighted by Crippen LogP contribution is 2.33. The molecule has 12 heteroatoms. The van der Waals surface area contributed by atoms with E-state index in [2.05, 4.69) is 45.4 Å². The van der Waals surface area contributed by atoms with Gasteiger partial charge in [-0.3, -0.25) is 9.69 Å². The van der Waals surface area contributed by atoms with Crippen LogP contribution in [0, 0.1) is 6.92 Å². The van der Waals surface area contributed by atoms with Gasteiger partial charge in [-0.1, -0.05) is 12.1 Å². The number of amides is 1. The van der Waals surface area contributed by atoms with Crippen molar-refractivity contribution in [3.05, 3.63) is 66.5 Å². The summed E-state index contributed by atoms with van der Waals surface area (Å²) in [5, 5.41) is 7.03. The van der Waals surface area contributed by atoms with Crippen LogP contribution in [0.25, 0.3) is 22.2 Å². The number of allylic oxidation sites excluding steroid dienone is 1. The van der Waals surface area contributed by atoms with Crippen molar-refractivity contribution in [3.8, 4) is 11.3 Å². The van der Waals surface area contributed by atoms with Crippen LogP contribution in [0.5, 0.6) is 0 Å². The normalized spacial score (nSPS) is 14.1. The van der Waals surface area contributed by atoms with Gasteiger partial charge < -0.3 is 27.1 Å². The first kappa shape index (κ1) is 28.2. The molecule has 0 unspecified atom stereocenters. The molecule has 0 atom stereocenters. The predicted molar refractivity (Wildman–Crippen MR) is 159 cm³/mol. The highest BCUT2D eigenvalue weighted by Gasteiger charge is 2.17. The number of aryl methyl sites for hydroxylation is 1. The zero-order valence-electron chi connectivity index (χ0n) is 23.0. The summed E-state index contributed by atoms with van der Waals surface area (Å²) in [5.74, 6) is 1.11. The molecule has 0 saturated carbocycles. The number of rotatable bonds is 7. The van der Waals surface area contributed by atoms with Crippen molar-refractivity contribution >= 4 is 40.1 Å². The summed E-state index contributed by atoms with van der Waals surface area (Å²) in [7, 11) is 1.82. The maximum absolute atomic E-state index is 12.6. The first-order valence-corrected chi connectivity index (χ1v) is 13.0. The second-order valence-electron chi connectivity index (χ2n) is 9.41. The molecule has 4 heterocycles. The standard InChI is InChI=1S/C24H30N8O.C4H5N3/c1-15-12-28-24(30-20(25)11-16(2)26-3)31-22(15)18-13-27-23-17(18)7-6-8-19(23)29-21(33)14-32-9-4-5-10-32;5-4-1-2-6-3-7-4/h6-8,11-13,26-27H,4-5,9-10,14H2,1-3H3,(H,29,33)(H2,25,28,30,31);1-3H,(H2,5,6,7)/b16-11-;. The van der Waals surface area contributed by atoms with E-state index in [0.717, 1.165) is 65.0 Å². The van der Waals surface area contributed by atoms with Gasteiger partial charge >= 0.3 is 0 Å². The minimum Gasteiger partial charge on any atom is -0.392 e. The fourth-order valence-electron chi connectivity index (χ4n) is 4.29. The summed E-state index contributed by atoms with van der Waals surface area (Å²) in [5.41, 5.74) is 16.3. The van der Waals surface area contributed by atoms with Gasteiger partial charge in [-0.25, -0.2) is 19.9 Å².